The van der Waals surface area contributed by atoms with Crippen molar-refractivity contribution in [3.63, 3.8) is 0 Å². The highest BCUT2D eigenvalue weighted by atomic mass is 16.2. The molecule has 0 unspecified atom stereocenters. The van der Waals surface area contributed by atoms with Crippen LogP contribution in [-0.2, 0) is 29.0 Å². The van der Waals surface area contributed by atoms with Crippen molar-refractivity contribution in [2.75, 3.05) is 13.6 Å². The second-order valence-electron chi connectivity index (χ2n) is 10.2. The van der Waals surface area contributed by atoms with Gasteiger partial charge in [-0.25, -0.2) is 0 Å². The van der Waals surface area contributed by atoms with E-state index in [2.05, 4.69) is 42.5 Å². The molecule has 0 saturated carbocycles. The minimum atomic E-state index is -0.593. The van der Waals surface area contributed by atoms with E-state index in [4.69, 9.17) is 5.73 Å². The molecule has 0 saturated heterocycles. The van der Waals surface area contributed by atoms with Crippen molar-refractivity contribution in [3.8, 4) is 0 Å². The Kier molecular flexibility index (Phi) is 7.37. The summed E-state index contributed by atoms with van der Waals surface area (Å²) in [5, 5.41) is 2.28. The molecule has 0 radical (unpaired) electrons. The third-order valence-electron chi connectivity index (χ3n) is 6.69. The zero-order valence-electron chi connectivity index (χ0n) is 20.9. The zero-order valence-corrected chi connectivity index (χ0v) is 20.9. The van der Waals surface area contributed by atoms with Crippen molar-refractivity contribution in [2.45, 2.75) is 51.2 Å². The summed E-state index contributed by atoms with van der Waals surface area (Å²) in [6.45, 7) is 5.07. The van der Waals surface area contributed by atoms with Crippen LogP contribution < -0.4 is 5.73 Å². The quantitative estimate of drug-likeness (QED) is 0.519. The first-order chi connectivity index (χ1) is 16.7. The van der Waals surface area contributed by atoms with Gasteiger partial charge < -0.3 is 15.5 Å². The van der Waals surface area contributed by atoms with E-state index in [-0.39, 0.29) is 11.8 Å². The SMILES string of the molecule is CN(C(=O)C=CCC(C)(C)N)[C@H](Cc1ccc2ccccc2c1)C(=O)N1CCc2ccccc2C1. The molecule has 1 aliphatic heterocycles. The van der Waals surface area contributed by atoms with Crippen LogP contribution in [0.15, 0.2) is 78.9 Å². The van der Waals surface area contributed by atoms with E-state index in [9.17, 15) is 9.59 Å². The highest BCUT2D eigenvalue weighted by molar-refractivity contribution is 5.93. The van der Waals surface area contributed by atoms with Crippen LogP contribution in [0.2, 0.25) is 0 Å². The van der Waals surface area contributed by atoms with E-state index >= 15 is 0 Å². The van der Waals surface area contributed by atoms with E-state index in [1.807, 2.05) is 43.0 Å². The topological polar surface area (TPSA) is 66.6 Å². The lowest BCUT2D eigenvalue weighted by molar-refractivity contribution is -0.143. The second kappa shape index (κ2) is 10.4. The molecule has 0 bridgehead atoms. The number of amides is 2. The van der Waals surface area contributed by atoms with E-state index in [0.717, 1.165) is 22.8 Å². The number of carbonyl (C=O) groups excluding carboxylic acids is 2. The van der Waals surface area contributed by atoms with Crippen molar-refractivity contribution < 1.29 is 9.59 Å². The van der Waals surface area contributed by atoms with Gasteiger partial charge in [-0.1, -0.05) is 72.8 Å². The summed E-state index contributed by atoms with van der Waals surface area (Å²) in [7, 11) is 1.72. The number of hydrogen-bond donors (Lipinski definition) is 1. The zero-order chi connectivity index (χ0) is 25.0. The van der Waals surface area contributed by atoms with Gasteiger partial charge in [0.25, 0.3) is 0 Å². The molecule has 0 aliphatic carbocycles. The van der Waals surface area contributed by atoms with Crippen LogP contribution in [0.4, 0.5) is 0 Å². The maximum absolute atomic E-state index is 13.8. The lowest BCUT2D eigenvalue weighted by atomic mass is 9.97. The first kappa shape index (κ1) is 24.7. The summed E-state index contributed by atoms with van der Waals surface area (Å²) in [6, 6.07) is 22.1. The summed E-state index contributed by atoms with van der Waals surface area (Å²) in [5.74, 6) is -0.207. The first-order valence-electron chi connectivity index (χ1n) is 12.3. The van der Waals surface area contributed by atoms with Crippen molar-refractivity contribution in [3.05, 3.63) is 95.6 Å². The van der Waals surface area contributed by atoms with Gasteiger partial charge in [0.1, 0.15) is 6.04 Å². The molecule has 4 rings (SSSR count). The van der Waals surface area contributed by atoms with E-state index in [1.54, 1.807) is 24.1 Å². The number of benzene rings is 3. The van der Waals surface area contributed by atoms with Crippen molar-refractivity contribution in [2.24, 2.45) is 5.73 Å². The molecule has 182 valence electrons. The predicted molar refractivity (Wildman–Crippen MR) is 142 cm³/mol. The molecule has 1 atom stereocenters. The van der Waals surface area contributed by atoms with E-state index < -0.39 is 11.6 Å². The number of fused-ring (bicyclic) bond motifs is 2. The van der Waals surface area contributed by atoms with Crippen molar-refractivity contribution in [1.82, 2.24) is 9.80 Å². The number of hydrogen-bond acceptors (Lipinski definition) is 3. The van der Waals surface area contributed by atoms with Gasteiger partial charge in [-0.15, -0.1) is 0 Å². The molecule has 3 aromatic carbocycles. The summed E-state index contributed by atoms with van der Waals surface area (Å²) < 4.78 is 0. The molecule has 5 heteroatoms. The molecule has 0 fully saturated rings. The van der Waals surface area contributed by atoms with Crippen LogP contribution in [0.25, 0.3) is 10.8 Å². The fourth-order valence-electron chi connectivity index (χ4n) is 4.61. The van der Waals surface area contributed by atoms with Gasteiger partial charge in [-0.05, 0) is 60.2 Å². The third kappa shape index (κ3) is 6.17. The van der Waals surface area contributed by atoms with Crippen LogP contribution in [0.3, 0.4) is 0 Å². The number of carbonyl (C=O) groups is 2. The highest BCUT2D eigenvalue weighted by Gasteiger charge is 2.32. The maximum Gasteiger partial charge on any atom is 0.246 e. The Balaban J connectivity index is 1.59. The molecule has 3 aromatic rings. The van der Waals surface area contributed by atoms with Crippen LogP contribution in [0, 0.1) is 0 Å². The molecule has 0 spiro atoms. The van der Waals surface area contributed by atoms with Crippen LogP contribution in [-0.4, -0.2) is 46.8 Å². The predicted octanol–water partition coefficient (Wildman–Crippen LogP) is 4.48. The molecule has 35 heavy (non-hydrogen) atoms. The standard InChI is InChI=1S/C30H35N3O2/c1-30(2,31)17-8-13-28(34)32(3)27(20-22-14-15-23-9-4-6-11-25(23)19-22)29(35)33-18-16-24-10-5-7-12-26(24)21-33/h4-15,19,27H,16-18,20-21,31H2,1-3H3/t27-/m1/s1. The summed E-state index contributed by atoms with van der Waals surface area (Å²) in [6.07, 6.45) is 5.21. The normalized spacial score (nSPS) is 14.7. The first-order valence-corrected chi connectivity index (χ1v) is 12.3. The van der Waals surface area contributed by atoms with Gasteiger partial charge in [0.2, 0.25) is 11.8 Å². The van der Waals surface area contributed by atoms with Gasteiger partial charge in [-0.3, -0.25) is 9.59 Å². The molecule has 1 aliphatic rings. The minimum Gasteiger partial charge on any atom is -0.336 e. The Bertz CT molecular complexity index is 1240. The molecule has 2 N–H and O–H groups in total. The fraction of sp³-hybridized carbons (Fsp3) is 0.333. The summed E-state index contributed by atoms with van der Waals surface area (Å²) in [4.78, 5) is 30.4. The third-order valence-corrected chi connectivity index (χ3v) is 6.69. The van der Waals surface area contributed by atoms with Gasteiger partial charge in [0.15, 0.2) is 0 Å². The number of likely N-dealkylation sites (N-methyl/N-ethyl adjacent to an activating group) is 1. The Morgan fingerprint density at radius 1 is 1.03 bits per heavy atom. The van der Waals surface area contributed by atoms with Gasteiger partial charge in [-0.2, -0.15) is 0 Å². The highest BCUT2D eigenvalue weighted by Crippen LogP contribution is 2.23. The van der Waals surface area contributed by atoms with Crippen molar-refractivity contribution in [1.29, 1.82) is 0 Å². The Morgan fingerprint density at radius 3 is 2.46 bits per heavy atom. The van der Waals surface area contributed by atoms with Crippen LogP contribution in [0.1, 0.15) is 37.0 Å². The van der Waals surface area contributed by atoms with Crippen LogP contribution in [0.5, 0.6) is 0 Å². The Hall–Kier alpha value is -3.44. The average molecular weight is 470 g/mol. The van der Waals surface area contributed by atoms with Gasteiger partial charge >= 0.3 is 0 Å². The molecular weight excluding hydrogens is 434 g/mol. The van der Waals surface area contributed by atoms with Gasteiger partial charge in [0.05, 0.1) is 0 Å². The Labute approximate surface area is 208 Å². The van der Waals surface area contributed by atoms with E-state index in [0.29, 0.717) is 25.9 Å². The lowest BCUT2D eigenvalue weighted by Gasteiger charge is -2.35. The maximum atomic E-state index is 13.8. The minimum absolute atomic E-state index is 0.0175. The van der Waals surface area contributed by atoms with Crippen LogP contribution >= 0.6 is 0 Å². The molecule has 0 aromatic heterocycles. The summed E-state index contributed by atoms with van der Waals surface area (Å²) >= 11 is 0. The largest absolute Gasteiger partial charge is 0.336 e. The Morgan fingerprint density at radius 2 is 1.71 bits per heavy atom. The second-order valence-corrected chi connectivity index (χ2v) is 10.2. The number of nitrogens with zero attached hydrogens (tertiary/aromatic N) is 2. The molecule has 2 amide bonds. The van der Waals surface area contributed by atoms with Gasteiger partial charge in [0, 0.05) is 32.1 Å². The van der Waals surface area contributed by atoms with E-state index in [1.165, 1.54) is 11.1 Å². The average Bonchev–Trinajstić information content (AvgIpc) is 2.85. The lowest BCUT2D eigenvalue weighted by Crippen LogP contribution is -2.51. The summed E-state index contributed by atoms with van der Waals surface area (Å²) in [5.41, 5.74) is 9.16. The number of rotatable bonds is 7. The molecule has 1 heterocycles. The number of nitrogens with two attached hydrogens (primary N) is 1. The monoisotopic (exact) mass is 469 g/mol. The molecular formula is C30H35N3O2. The smallest absolute Gasteiger partial charge is 0.246 e. The fourth-order valence-corrected chi connectivity index (χ4v) is 4.61. The molecule has 5 nitrogen and oxygen atoms in total. The van der Waals surface area contributed by atoms with Crippen molar-refractivity contribution >= 4 is 22.6 Å².